The third-order valence-electron chi connectivity index (χ3n) is 1.21. The minimum Gasteiger partial charge on any atom is -0.395 e. The highest BCUT2D eigenvalue weighted by Crippen LogP contribution is 2.02. The van der Waals surface area contributed by atoms with Crippen molar-refractivity contribution in [3.8, 4) is 12.3 Å². The van der Waals surface area contributed by atoms with Crippen LogP contribution >= 0.6 is 0 Å². The number of hydrogen-bond acceptors (Lipinski definition) is 2. The number of benzene rings is 1. The van der Waals surface area contributed by atoms with Gasteiger partial charge in [0.2, 0.25) is 0 Å². The van der Waals surface area contributed by atoms with Crippen LogP contribution in [0.15, 0.2) is 30.3 Å². The van der Waals surface area contributed by atoms with E-state index in [2.05, 4.69) is 17.7 Å². The number of para-hydroxylation sites is 1. The molecule has 1 aromatic rings. The first-order valence-corrected chi connectivity index (χ1v) is 5.12. The van der Waals surface area contributed by atoms with Crippen LogP contribution in [0.25, 0.3) is 0 Å². The van der Waals surface area contributed by atoms with Gasteiger partial charge in [0, 0.05) is 12.2 Å². The lowest BCUT2D eigenvalue weighted by molar-refractivity contribution is 0.311. The quantitative estimate of drug-likeness (QED) is 0.747. The van der Waals surface area contributed by atoms with Crippen molar-refractivity contribution in [2.75, 3.05) is 18.5 Å². The maximum Gasteiger partial charge on any atom is 0.0604 e. The van der Waals surface area contributed by atoms with Crippen LogP contribution in [-0.2, 0) is 0 Å². The maximum atomic E-state index is 8.47. The molecular formula is C13H21NO. The van der Waals surface area contributed by atoms with Crippen molar-refractivity contribution in [1.29, 1.82) is 0 Å². The molecule has 84 valence electrons. The van der Waals surface area contributed by atoms with Crippen molar-refractivity contribution in [3.63, 3.8) is 0 Å². The molecule has 0 atom stereocenters. The molecule has 0 unspecified atom stereocenters. The molecule has 2 heteroatoms. The lowest BCUT2D eigenvalue weighted by Crippen LogP contribution is -2.04. The average molecular weight is 207 g/mol. The van der Waals surface area contributed by atoms with Crippen LogP contribution in [0.2, 0.25) is 0 Å². The molecule has 0 aliphatic rings. The third-order valence-corrected chi connectivity index (χ3v) is 1.21. The van der Waals surface area contributed by atoms with Gasteiger partial charge < -0.3 is 10.4 Å². The van der Waals surface area contributed by atoms with Gasteiger partial charge in [-0.2, -0.15) is 0 Å². The van der Waals surface area contributed by atoms with E-state index in [9.17, 15) is 0 Å². The van der Waals surface area contributed by atoms with Crippen molar-refractivity contribution >= 4 is 5.69 Å². The zero-order valence-corrected chi connectivity index (χ0v) is 9.83. The van der Waals surface area contributed by atoms with E-state index in [-0.39, 0.29) is 6.61 Å². The van der Waals surface area contributed by atoms with Crippen LogP contribution in [0.3, 0.4) is 0 Å². The zero-order valence-electron chi connectivity index (χ0n) is 9.83. The molecule has 0 aliphatic heterocycles. The van der Waals surface area contributed by atoms with Gasteiger partial charge in [-0.15, -0.1) is 12.3 Å². The summed E-state index contributed by atoms with van der Waals surface area (Å²) in [5.74, 6) is 2.25. The Morgan fingerprint density at radius 2 is 1.73 bits per heavy atom. The standard InChI is InChI=1S/C8H11NO.C3H4.C2H6/c10-7-6-9-8-4-2-1-3-5-8;1-3-2;1-2/h1-5,9-10H,6-7H2;1H,2H3;1-2H3. The first-order valence-electron chi connectivity index (χ1n) is 5.12. The van der Waals surface area contributed by atoms with Gasteiger partial charge in [-0.05, 0) is 19.1 Å². The van der Waals surface area contributed by atoms with Gasteiger partial charge in [-0.25, -0.2) is 0 Å². The fraction of sp³-hybridized carbons (Fsp3) is 0.385. The fourth-order valence-corrected chi connectivity index (χ4v) is 0.756. The van der Waals surface area contributed by atoms with E-state index in [1.807, 2.05) is 44.2 Å². The molecule has 0 bridgehead atoms. The summed E-state index contributed by atoms with van der Waals surface area (Å²) < 4.78 is 0. The second kappa shape index (κ2) is 15.0. The van der Waals surface area contributed by atoms with Crippen LogP contribution < -0.4 is 5.32 Å². The minimum atomic E-state index is 0.175. The summed E-state index contributed by atoms with van der Waals surface area (Å²) in [4.78, 5) is 0. The Balaban J connectivity index is 0. The Morgan fingerprint density at radius 3 is 2.13 bits per heavy atom. The summed E-state index contributed by atoms with van der Waals surface area (Å²) in [6.07, 6.45) is 4.60. The average Bonchev–Trinajstić information content (AvgIpc) is 2.31. The normalized spacial score (nSPS) is 7.13. The predicted octanol–water partition coefficient (Wildman–Crippen LogP) is 2.76. The topological polar surface area (TPSA) is 32.3 Å². The molecule has 0 spiro atoms. The second-order valence-electron chi connectivity index (χ2n) is 2.31. The monoisotopic (exact) mass is 207 g/mol. The highest BCUT2D eigenvalue weighted by molar-refractivity contribution is 5.42. The van der Waals surface area contributed by atoms with E-state index >= 15 is 0 Å². The number of terminal acetylenes is 1. The van der Waals surface area contributed by atoms with Crippen LogP contribution in [0.1, 0.15) is 20.8 Å². The molecule has 1 rings (SSSR count). The van der Waals surface area contributed by atoms with Gasteiger partial charge in [0.25, 0.3) is 0 Å². The van der Waals surface area contributed by atoms with Crippen LogP contribution in [0, 0.1) is 12.3 Å². The van der Waals surface area contributed by atoms with Crippen molar-refractivity contribution < 1.29 is 5.11 Å². The number of nitrogens with one attached hydrogen (secondary N) is 1. The summed E-state index contributed by atoms with van der Waals surface area (Å²) in [7, 11) is 0. The van der Waals surface area contributed by atoms with Gasteiger partial charge in [-0.3, -0.25) is 0 Å². The largest absolute Gasteiger partial charge is 0.395 e. The first-order chi connectivity index (χ1) is 7.35. The molecule has 1 aromatic carbocycles. The molecule has 15 heavy (non-hydrogen) atoms. The van der Waals surface area contributed by atoms with E-state index in [1.54, 1.807) is 6.92 Å². The number of hydrogen-bond donors (Lipinski definition) is 2. The predicted molar refractivity (Wildman–Crippen MR) is 67.9 cm³/mol. The van der Waals surface area contributed by atoms with Crippen molar-refractivity contribution in [1.82, 2.24) is 0 Å². The summed E-state index contributed by atoms with van der Waals surface area (Å²) in [6.45, 7) is 6.44. The highest BCUT2D eigenvalue weighted by Gasteiger charge is 1.84. The van der Waals surface area contributed by atoms with E-state index < -0.39 is 0 Å². The molecule has 2 N–H and O–H groups in total. The Hall–Kier alpha value is -1.46. The van der Waals surface area contributed by atoms with Crippen LogP contribution in [0.4, 0.5) is 5.69 Å². The van der Waals surface area contributed by atoms with E-state index in [4.69, 9.17) is 5.11 Å². The van der Waals surface area contributed by atoms with E-state index in [0.717, 1.165) is 5.69 Å². The molecule has 0 heterocycles. The second-order valence-corrected chi connectivity index (χ2v) is 2.31. The Morgan fingerprint density at radius 1 is 1.27 bits per heavy atom. The van der Waals surface area contributed by atoms with Crippen molar-refractivity contribution in [3.05, 3.63) is 30.3 Å². The van der Waals surface area contributed by atoms with Crippen molar-refractivity contribution in [2.24, 2.45) is 0 Å². The summed E-state index contributed by atoms with van der Waals surface area (Å²) >= 11 is 0. The van der Waals surface area contributed by atoms with Gasteiger partial charge in [0.1, 0.15) is 0 Å². The Kier molecular flexibility index (Phi) is 16.0. The molecular weight excluding hydrogens is 186 g/mol. The van der Waals surface area contributed by atoms with Gasteiger partial charge in [0.15, 0.2) is 0 Å². The van der Waals surface area contributed by atoms with Gasteiger partial charge in [-0.1, -0.05) is 32.0 Å². The molecule has 0 aliphatic carbocycles. The van der Waals surface area contributed by atoms with Crippen LogP contribution in [-0.4, -0.2) is 18.3 Å². The zero-order chi connectivity index (χ0) is 11.9. The molecule has 2 nitrogen and oxygen atoms in total. The number of aliphatic hydroxyl groups excluding tert-OH is 1. The smallest absolute Gasteiger partial charge is 0.0604 e. The molecule has 0 amide bonds. The first kappa shape index (κ1) is 16.0. The lowest BCUT2D eigenvalue weighted by Gasteiger charge is -2.01. The molecule has 0 aromatic heterocycles. The fourth-order valence-electron chi connectivity index (χ4n) is 0.756. The van der Waals surface area contributed by atoms with E-state index in [1.165, 1.54) is 0 Å². The summed E-state index contributed by atoms with van der Waals surface area (Å²) in [6, 6.07) is 9.81. The Labute approximate surface area is 93.3 Å². The molecule has 0 radical (unpaired) electrons. The molecule has 0 fully saturated rings. The lowest BCUT2D eigenvalue weighted by atomic mass is 10.3. The minimum absolute atomic E-state index is 0.175. The summed E-state index contributed by atoms with van der Waals surface area (Å²) in [5.41, 5.74) is 1.05. The number of anilines is 1. The molecule has 0 saturated carbocycles. The number of rotatable bonds is 3. The highest BCUT2D eigenvalue weighted by atomic mass is 16.3. The van der Waals surface area contributed by atoms with Crippen LogP contribution in [0.5, 0.6) is 0 Å². The van der Waals surface area contributed by atoms with Crippen molar-refractivity contribution in [2.45, 2.75) is 20.8 Å². The summed E-state index contributed by atoms with van der Waals surface area (Å²) in [5, 5.41) is 11.5. The maximum absolute atomic E-state index is 8.47. The Bertz CT molecular complexity index is 238. The molecule has 0 saturated heterocycles. The SMILES string of the molecule is C#CC.CC.OCCNc1ccccc1. The third kappa shape index (κ3) is 12.5. The van der Waals surface area contributed by atoms with E-state index in [0.29, 0.717) is 6.54 Å². The van der Waals surface area contributed by atoms with Gasteiger partial charge >= 0.3 is 0 Å². The van der Waals surface area contributed by atoms with Gasteiger partial charge in [0.05, 0.1) is 6.61 Å². The number of aliphatic hydroxyl groups is 1.